The number of esters is 1. The number of benzene rings is 3. The van der Waals surface area contributed by atoms with E-state index < -0.39 is 41.6 Å². The Kier molecular flexibility index (Phi) is 6.72. The van der Waals surface area contributed by atoms with Crippen LogP contribution in [0.1, 0.15) is 29.5 Å². The molecule has 0 aliphatic heterocycles. The lowest BCUT2D eigenvalue weighted by Gasteiger charge is -2.27. The standard InChI is InChI=1S/C27H25FN2O4/c1-16(31)29-23(15-17-8-7-9-18(28)14-17)26(32)30-25(27(33)34-2)24-21-12-5-3-10-19(21)20-11-4-6-13-22(20)24/h3-14,23-25H,15H2,1-2H3,(H,29,31)(H,30,32)/t23-,25-/m1/s1. The highest BCUT2D eigenvalue weighted by molar-refractivity contribution is 5.92. The molecule has 0 fully saturated rings. The van der Waals surface area contributed by atoms with Crippen molar-refractivity contribution in [3.05, 3.63) is 95.3 Å². The number of ether oxygens (including phenoxy) is 1. The molecule has 0 saturated carbocycles. The van der Waals surface area contributed by atoms with Gasteiger partial charge in [-0.05, 0) is 39.9 Å². The molecule has 1 aliphatic rings. The number of hydrogen-bond acceptors (Lipinski definition) is 4. The van der Waals surface area contributed by atoms with E-state index in [9.17, 15) is 18.8 Å². The first kappa shape index (κ1) is 23.2. The molecule has 7 heteroatoms. The Morgan fingerprint density at radius 3 is 2.09 bits per heavy atom. The summed E-state index contributed by atoms with van der Waals surface area (Å²) in [5.74, 6) is -2.47. The van der Waals surface area contributed by atoms with Crippen LogP contribution >= 0.6 is 0 Å². The Labute approximate surface area is 197 Å². The first-order valence-electron chi connectivity index (χ1n) is 11.0. The van der Waals surface area contributed by atoms with Crippen LogP contribution in [-0.4, -0.2) is 37.0 Å². The van der Waals surface area contributed by atoms with E-state index in [1.807, 2.05) is 48.5 Å². The summed E-state index contributed by atoms with van der Waals surface area (Å²) in [5, 5.41) is 5.42. The molecule has 1 aliphatic carbocycles. The smallest absolute Gasteiger partial charge is 0.329 e. The number of nitrogens with one attached hydrogen (secondary N) is 2. The number of carbonyl (C=O) groups is 3. The molecule has 2 N–H and O–H groups in total. The molecule has 0 spiro atoms. The third kappa shape index (κ3) is 4.69. The van der Waals surface area contributed by atoms with Gasteiger partial charge in [-0.15, -0.1) is 0 Å². The van der Waals surface area contributed by atoms with Crippen molar-refractivity contribution in [2.75, 3.05) is 7.11 Å². The number of hydrogen-bond donors (Lipinski definition) is 2. The Morgan fingerprint density at radius 2 is 1.53 bits per heavy atom. The van der Waals surface area contributed by atoms with Crippen LogP contribution in [0.15, 0.2) is 72.8 Å². The zero-order chi connectivity index (χ0) is 24.2. The van der Waals surface area contributed by atoms with Gasteiger partial charge in [0.05, 0.1) is 7.11 Å². The van der Waals surface area contributed by atoms with Gasteiger partial charge in [-0.3, -0.25) is 9.59 Å². The molecule has 2 atom stereocenters. The van der Waals surface area contributed by atoms with Gasteiger partial charge in [0.1, 0.15) is 17.9 Å². The molecule has 4 rings (SSSR count). The fourth-order valence-corrected chi connectivity index (χ4v) is 4.57. The van der Waals surface area contributed by atoms with E-state index in [1.54, 1.807) is 6.07 Å². The van der Waals surface area contributed by atoms with Crippen LogP contribution < -0.4 is 10.6 Å². The van der Waals surface area contributed by atoms with Gasteiger partial charge in [0.25, 0.3) is 0 Å². The summed E-state index contributed by atoms with van der Waals surface area (Å²) >= 11 is 0. The van der Waals surface area contributed by atoms with Gasteiger partial charge in [0, 0.05) is 19.3 Å². The van der Waals surface area contributed by atoms with Crippen LogP contribution in [0.3, 0.4) is 0 Å². The zero-order valence-electron chi connectivity index (χ0n) is 18.9. The Balaban J connectivity index is 1.67. The third-order valence-electron chi connectivity index (χ3n) is 5.99. The van der Waals surface area contributed by atoms with Crippen LogP contribution in [0, 0.1) is 5.82 Å². The van der Waals surface area contributed by atoms with Gasteiger partial charge in [-0.1, -0.05) is 60.7 Å². The fraction of sp³-hybridized carbons (Fsp3) is 0.222. The van der Waals surface area contributed by atoms with Crippen LogP contribution in [-0.2, 0) is 25.5 Å². The highest BCUT2D eigenvalue weighted by Gasteiger charge is 2.40. The van der Waals surface area contributed by atoms with Crippen molar-refractivity contribution in [1.82, 2.24) is 10.6 Å². The van der Waals surface area contributed by atoms with Crippen molar-refractivity contribution in [1.29, 1.82) is 0 Å². The minimum atomic E-state index is -1.02. The predicted molar refractivity (Wildman–Crippen MR) is 125 cm³/mol. The number of halogens is 1. The normalized spacial score (nSPS) is 13.9. The maximum absolute atomic E-state index is 13.7. The van der Waals surface area contributed by atoms with E-state index in [4.69, 9.17) is 4.74 Å². The lowest BCUT2D eigenvalue weighted by atomic mass is 9.89. The molecule has 0 heterocycles. The zero-order valence-corrected chi connectivity index (χ0v) is 18.9. The fourth-order valence-electron chi connectivity index (χ4n) is 4.57. The molecule has 2 amide bonds. The molecular formula is C27H25FN2O4. The first-order chi connectivity index (χ1) is 16.4. The summed E-state index contributed by atoms with van der Waals surface area (Å²) < 4.78 is 18.7. The molecule has 3 aromatic carbocycles. The number of amides is 2. The van der Waals surface area contributed by atoms with E-state index in [0.717, 1.165) is 22.3 Å². The number of carbonyl (C=O) groups excluding carboxylic acids is 3. The number of methoxy groups -OCH3 is 1. The maximum Gasteiger partial charge on any atom is 0.329 e. The Hall–Kier alpha value is -4.00. The van der Waals surface area contributed by atoms with E-state index in [0.29, 0.717) is 5.56 Å². The second-order valence-electron chi connectivity index (χ2n) is 8.25. The maximum atomic E-state index is 13.7. The van der Waals surface area contributed by atoms with Crippen LogP contribution in [0.2, 0.25) is 0 Å². The van der Waals surface area contributed by atoms with Gasteiger partial charge in [0.15, 0.2) is 0 Å². The minimum absolute atomic E-state index is 0.0644. The summed E-state index contributed by atoms with van der Waals surface area (Å²) in [4.78, 5) is 38.1. The molecule has 6 nitrogen and oxygen atoms in total. The van der Waals surface area contributed by atoms with Gasteiger partial charge < -0.3 is 15.4 Å². The second-order valence-corrected chi connectivity index (χ2v) is 8.25. The van der Waals surface area contributed by atoms with Gasteiger partial charge >= 0.3 is 5.97 Å². The highest BCUT2D eigenvalue weighted by Crippen LogP contribution is 2.46. The lowest BCUT2D eigenvalue weighted by molar-refractivity contribution is -0.145. The van der Waals surface area contributed by atoms with E-state index >= 15 is 0 Å². The first-order valence-corrected chi connectivity index (χ1v) is 11.0. The topological polar surface area (TPSA) is 84.5 Å². The average Bonchev–Trinajstić information content (AvgIpc) is 3.15. The molecule has 0 saturated heterocycles. The summed E-state index contributed by atoms with van der Waals surface area (Å²) in [6.07, 6.45) is 0.0644. The summed E-state index contributed by atoms with van der Waals surface area (Å²) in [5.41, 5.74) is 4.33. The quantitative estimate of drug-likeness (QED) is 0.530. The molecule has 0 bridgehead atoms. The van der Waals surface area contributed by atoms with Gasteiger partial charge in [-0.25, -0.2) is 9.18 Å². The highest BCUT2D eigenvalue weighted by atomic mass is 19.1. The molecular weight excluding hydrogens is 435 g/mol. The average molecular weight is 461 g/mol. The van der Waals surface area contributed by atoms with Crippen molar-refractivity contribution in [3.8, 4) is 11.1 Å². The SMILES string of the molecule is COC(=O)[C@H](NC(=O)[C@@H](Cc1cccc(F)c1)NC(C)=O)C1c2ccccc2-c2ccccc21. The second kappa shape index (κ2) is 9.87. The molecule has 0 unspecified atom stereocenters. The van der Waals surface area contributed by atoms with Crippen molar-refractivity contribution in [3.63, 3.8) is 0 Å². The van der Waals surface area contributed by atoms with Crippen LogP contribution in [0.4, 0.5) is 4.39 Å². The summed E-state index contributed by atoms with van der Waals surface area (Å²) in [6, 6.07) is 19.3. The minimum Gasteiger partial charge on any atom is -0.467 e. The Bertz CT molecular complexity index is 1200. The molecule has 0 aromatic heterocycles. The van der Waals surface area contributed by atoms with Gasteiger partial charge in [0.2, 0.25) is 11.8 Å². The summed E-state index contributed by atoms with van der Waals surface area (Å²) in [6.45, 7) is 1.30. The molecule has 174 valence electrons. The van der Waals surface area contributed by atoms with Crippen molar-refractivity contribution < 1.29 is 23.5 Å². The molecule has 0 radical (unpaired) electrons. The van der Waals surface area contributed by atoms with E-state index in [-0.39, 0.29) is 6.42 Å². The van der Waals surface area contributed by atoms with E-state index in [1.165, 1.54) is 32.2 Å². The number of fused-ring (bicyclic) bond motifs is 3. The lowest BCUT2D eigenvalue weighted by Crippen LogP contribution is -2.54. The van der Waals surface area contributed by atoms with E-state index in [2.05, 4.69) is 10.6 Å². The van der Waals surface area contributed by atoms with Crippen molar-refractivity contribution in [2.45, 2.75) is 31.3 Å². The third-order valence-corrected chi connectivity index (χ3v) is 5.99. The monoisotopic (exact) mass is 460 g/mol. The Morgan fingerprint density at radius 1 is 0.912 bits per heavy atom. The molecule has 34 heavy (non-hydrogen) atoms. The van der Waals surface area contributed by atoms with Crippen LogP contribution in [0.25, 0.3) is 11.1 Å². The van der Waals surface area contributed by atoms with Crippen LogP contribution in [0.5, 0.6) is 0 Å². The number of rotatable bonds is 7. The predicted octanol–water partition coefficient (Wildman–Crippen LogP) is 3.34. The van der Waals surface area contributed by atoms with Crippen molar-refractivity contribution in [2.24, 2.45) is 0 Å². The van der Waals surface area contributed by atoms with Gasteiger partial charge in [-0.2, -0.15) is 0 Å². The largest absolute Gasteiger partial charge is 0.467 e. The molecule has 3 aromatic rings. The summed E-state index contributed by atoms with van der Waals surface area (Å²) in [7, 11) is 1.27. The van der Waals surface area contributed by atoms with Crippen molar-refractivity contribution >= 4 is 17.8 Å².